The van der Waals surface area contributed by atoms with E-state index in [0.29, 0.717) is 0 Å². The third-order valence-corrected chi connectivity index (χ3v) is 3.19. The van der Waals surface area contributed by atoms with Crippen molar-refractivity contribution in [3.8, 4) is 5.82 Å². The lowest BCUT2D eigenvalue weighted by atomic mass is 10.3. The quantitative estimate of drug-likeness (QED) is 0.773. The van der Waals surface area contributed by atoms with Crippen molar-refractivity contribution in [1.29, 1.82) is 0 Å². The third-order valence-electron chi connectivity index (χ3n) is 3.19. The Morgan fingerprint density at radius 1 is 1.20 bits per heavy atom. The molecule has 3 aromatic rings. The van der Waals surface area contributed by atoms with Crippen LogP contribution in [0, 0.1) is 0 Å². The van der Waals surface area contributed by atoms with Crippen molar-refractivity contribution in [1.82, 2.24) is 19.1 Å². The lowest BCUT2D eigenvalue weighted by Gasteiger charge is -2.06. The fourth-order valence-corrected chi connectivity index (χ4v) is 2.03. The van der Waals surface area contributed by atoms with Crippen LogP contribution in [-0.2, 0) is 13.1 Å². The summed E-state index contributed by atoms with van der Waals surface area (Å²) in [6.45, 7) is 3.94. The van der Waals surface area contributed by atoms with E-state index in [1.54, 1.807) is 12.5 Å². The Labute approximate surface area is 117 Å². The van der Waals surface area contributed by atoms with Crippen molar-refractivity contribution in [2.24, 2.45) is 0 Å². The second-order valence-corrected chi connectivity index (χ2v) is 4.58. The molecule has 0 aliphatic carbocycles. The smallest absolute Gasteiger partial charge is 0.137 e. The highest BCUT2D eigenvalue weighted by Crippen LogP contribution is 2.11. The number of rotatable bonds is 5. The molecule has 0 aliphatic rings. The van der Waals surface area contributed by atoms with Crippen molar-refractivity contribution in [2.45, 2.75) is 20.0 Å². The predicted molar refractivity (Wildman–Crippen MR) is 78.8 cm³/mol. The molecule has 1 N–H and O–H groups in total. The fraction of sp³-hybridized carbons (Fsp3) is 0.200. The number of hydrogen-bond acceptors (Lipinski definition) is 3. The van der Waals surface area contributed by atoms with Crippen LogP contribution in [0.15, 0.2) is 55.5 Å². The maximum absolute atomic E-state index is 4.41. The highest BCUT2D eigenvalue weighted by molar-refractivity contribution is 5.44. The molecule has 0 unspecified atom stereocenters. The first kappa shape index (κ1) is 12.5. The molecule has 102 valence electrons. The summed E-state index contributed by atoms with van der Waals surface area (Å²) in [5.41, 5.74) is 2.28. The molecule has 5 heteroatoms. The van der Waals surface area contributed by atoms with E-state index in [0.717, 1.165) is 24.6 Å². The van der Waals surface area contributed by atoms with Crippen LogP contribution in [0.1, 0.15) is 12.5 Å². The molecule has 0 aromatic carbocycles. The van der Waals surface area contributed by atoms with Gasteiger partial charge in [0.2, 0.25) is 0 Å². The summed E-state index contributed by atoms with van der Waals surface area (Å²) in [6.07, 6.45) is 11.4. The molecular weight excluding hydrogens is 250 g/mol. The third kappa shape index (κ3) is 2.71. The molecule has 3 rings (SSSR count). The number of aryl methyl sites for hydroxylation is 1. The lowest BCUT2D eigenvalue weighted by Crippen LogP contribution is -2.00. The Morgan fingerprint density at radius 3 is 2.80 bits per heavy atom. The van der Waals surface area contributed by atoms with Gasteiger partial charge >= 0.3 is 0 Å². The maximum Gasteiger partial charge on any atom is 0.137 e. The van der Waals surface area contributed by atoms with Crippen molar-refractivity contribution in [2.75, 3.05) is 5.32 Å². The van der Waals surface area contributed by atoms with E-state index in [2.05, 4.69) is 45.2 Å². The first-order valence-corrected chi connectivity index (χ1v) is 6.68. The Bertz CT molecular complexity index is 652. The molecule has 0 spiro atoms. The first-order chi connectivity index (χ1) is 9.85. The van der Waals surface area contributed by atoms with Crippen LogP contribution < -0.4 is 5.32 Å². The van der Waals surface area contributed by atoms with E-state index >= 15 is 0 Å². The zero-order valence-corrected chi connectivity index (χ0v) is 11.4. The van der Waals surface area contributed by atoms with Gasteiger partial charge in [0.1, 0.15) is 12.1 Å². The summed E-state index contributed by atoms with van der Waals surface area (Å²) >= 11 is 0. The molecule has 0 amide bonds. The summed E-state index contributed by atoms with van der Waals surface area (Å²) < 4.78 is 4.04. The minimum absolute atomic E-state index is 0.805. The predicted octanol–water partition coefficient (Wildman–Crippen LogP) is 2.70. The van der Waals surface area contributed by atoms with E-state index in [-0.39, 0.29) is 0 Å². The van der Waals surface area contributed by atoms with Gasteiger partial charge in [-0.25, -0.2) is 9.97 Å². The molecule has 5 nitrogen and oxygen atoms in total. The van der Waals surface area contributed by atoms with Gasteiger partial charge in [-0.2, -0.15) is 0 Å². The summed E-state index contributed by atoms with van der Waals surface area (Å²) in [4.78, 5) is 8.42. The lowest BCUT2D eigenvalue weighted by molar-refractivity contribution is 0.766. The number of pyridine rings is 1. The molecule has 0 aliphatic heterocycles. The normalized spacial score (nSPS) is 10.7. The van der Waals surface area contributed by atoms with Gasteiger partial charge in [0, 0.05) is 37.9 Å². The fourth-order valence-electron chi connectivity index (χ4n) is 2.03. The molecule has 0 saturated carbocycles. The molecule has 0 bridgehead atoms. The molecule has 0 saturated heterocycles. The van der Waals surface area contributed by atoms with Gasteiger partial charge in [-0.05, 0) is 30.7 Å². The van der Waals surface area contributed by atoms with Gasteiger partial charge in [-0.3, -0.25) is 4.57 Å². The minimum atomic E-state index is 0.805. The highest BCUT2D eigenvalue weighted by Gasteiger charge is 1.99. The second kappa shape index (κ2) is 5.61. The van der Waals surface area contributed by atoms with E-state index < -0.39 is 0 Å². The van der Waals surface area contributed by atoms with E-state index in [1.165, 1.54) is 5.56 Å². The van der Waals surface area contributed by atoms with E-state index in [4.69, 9.17) is 0 Å². The molecule has 0 atom stereocenters. The number of hydrogen-bond donors (Lipinski definition) is 1. The molecule has 3 aromatic heterocycles. The average Bonchev–Trinajstić information content (AvgIpc) is 3.17. The van der Waals surface area contributed by atoms with E-state index in [1.807, 2.05) is 29.1 Å². The average molecular weight is 267 g/mol. The zero-order chi connectivity index (χ0) is 13.8. The van der Waals surface area contributed by atoms with Gasteiger partial charge < -0.3 is 9.88 Å². The highest BCUT2D eigenvalue weighted by atomic mass is 15.1. The summed E-state index contributed by atoms with van der Waals surface area (Å²) in [5.74, 6) is 0.866. The number of imidazole rings is 1. The monoisotopic (exact) mass is 267 g/mol. The van der Waals surface area contributed by atoms with Crippen LogP contribution in [0.4, 0.5) is 5.69 Å². The van der Waals surface area contributed by atoms with Crippen LogP contribution in [-0.4, -0.2) is 19.1 Å². The van der Waals surface area contributed by atoms with Crippen molar-refractivity contribution in [3.05, 3.63) is 61.1 Å². The topological polar surface area (TPSA) is 47.7 Å². The number of nitrogens with one attached hydrogen (secondary N) is 1. The van der Waals surface area contributed by atoms with Crippen LogP contribution in [0.5, 0.6) is 0 Å². The first-order valence-electron chi connectivity index (χ1n) is 6.68. The Morgan fingerprint density at radius 2 is 2.15 bits per heavy atom. The van der Waals surface area contributed by atoms with E-state index in [9.17, 15) is 0 Å². The molecule has 0 radical (unpaired) electrons. The van der Waals surface area contributed by atoms with Crippen molar-refractivity contribution in [3.63, 3.8) is 0 Å². The SMILES string of the molecule is CCn1ccc(CNc2ccc(-n3ccnc3)nc2)c1. The van der Waals surface area contributed by atoms with Crippen LogP contribution >= 0.6 is 0 Å². The number of aromatic nitrogens is 4. The molecule has 20 heavy (non-hydrogen) atoms. The number of nitrogens with zero attached hydrogens (tertiary/aromatic N) is 4. The maximum atomic E-state index is 4.41. The molecule has 0 fully saturated rings. The second-order valence-electron chi connectivity index (χ2n) is 4.58. The van der Waals surface area contributed by atoms with Crippen molar-refractivity contribution >= 4 is 5.69 Å². The zero-order valence-electron chi connectivity index (χ0n) is 11.4. The largest absolute Gasteiger partial charge is 0.380 e. The van der Waals surface area contributed by atoms with Crippen molar-refractivity contribution < 1.29 is 0 Å². The van der Waals surface area contributed by atoms with Crippen LogP contribution in [0.3, 0.4) is 0 Å². The van der Waals surface area contributed by atoms with Gasteiger partial charge in [-0.15, -0.1) is 0 Å². The van der Waals surface area contributed by atoms with Crippen LogP contribution in [0.25, 0.3) is 5.82 Å². The Kier molecular flexibility index (Phi) is 3.50. The summed E-state index contributed by atoms with van der Waals surface area (Å²) in [5, 5.41) is 3.37. The van der Waals surface area contributed by atoms with Crippen LogP contribution in [0.2, 0.25) is 0 Å². The molecule has 3 heterocycles. The Hall–Kier alpha value is -2.56. The summed E-state index contributed by atoms with van der Waals surface area (Å²) in [7, 11) is 0. The number of anilines is 1. The Balaban J connectivity index is 1.63. The van der Waals surface area contributed by atoms with Gasteiger partial charge in [-0.1, -0.05) is 0 Å². The molecular formula is C15H17N5. The summed E-state index contributed by atoms with van der Waals surface area (Å²) in [6, 6.07) is 6.13. The van der Waals surface area contributed by atoms with Gasteiger partial charge in [0.15, 0.2) is 0 Å². The van der Waals surface area contributed by atoms with Gasteiger partial charge in [0.25, 0.3) is 0 Å². The van der Waals surface area contributed by atoms with Gasteiger partial charge in [0.05, 0.1) is 11.9 Å². The minimum Gasteiger partial charge on any atom is -0.380 e. The standard InChI is InChI=1S/C15H17N5/c1-2-19-7-5-13(11-19)9-17-14-3-4-15(18-10-14)20-8-6-16-12-20/h3-8,10-12,17H,2,9H2,1H3.